The summed E-state index contributed by atoms with van der Waals surface area (Å²) in [6.07, 6.45) is 1.97. The number of likely N-dealkylation sites (N-methyl/N-ethyl adjacent to an activating group) is 1. The smallest absolute Gasteiger partial charge is 0.270 e. The molecule has 0 aliphatic carbocycles. The van der Waals surface area contributed by atoms with Crippen LogP contribution in [0.5, 0.6) is 5.75 Å². The molecule has 23 heavy (non-hydrogen) atoms. The summed E-state index contributed by atoms with van der Waals surface area (Å²) in [5.41, 5.74) is 2.94. The monoisotopic (exact) mass is 326 g/mol. The summed E-state index contributed by atoms with van der Waals surface area (Å²) >= 11 is 1.65. The number of benzene rings is 2. The number of non-ortho nitro benzene ring substituents is 1. The number of anilines is 1. The molecule has 4 rings (SSSR count). The second-order valence-electron chi connectivity index (χ2n) is 5.62. The van der Waals surface area contributed by atoms with Crippen LogP contribution >= 0.6 is 11.8 Å². The fourth-order valence-corrected chi connectivity index (χ4v) is 4.38. The molecule has 1 atom stereocenters. The maximum Gasteiger partial charge on any atom is 0.270 e. The molecule has 1 spiro atoms. The highest BCUT2D eigenvalue weighted by atomic mass is 32.2. The highest BCUT2D eigenvalue weighted by molar-refractivity contribution is 8.01. The van der Waals surface area contributed by atoms with Crippen LogP contribution in [0, 0.1) is 10.1 Å². The van der Waals surface area contributed by atoms with Gasteiger partial charge in [-0.2, -0.15) is 0 Å². The molecule has 0 N–H and O–H groups in total. The lowest BCUT2D eigenvalue weighted by Crippen LogP contribution is -2.48. The first-order valence-corrected chi connectivity index (χ1v) is 8.01. The summed E-state index contributed by atoms with van der Waals surface area (Å²) in [4.78, 5) is 13.8. The molecular formula is C17H14N2O3S. The van der Waals surface area contributed by atoms with Gasteiger partial charge in [0.25, 0.3) is 10.7 Å². The highest BCUT2D eigenvalue weighted by Gasteiger charge is 2.48. The topological polar surface area (TPSA) is 55.6 Å². The summed E-state index contributed by atoms with van der Waals surface area (Å²) in [6, 6.07) is 12.9. The summed E-state index contributed by atoms with van der Waals surface area (Å²) < 4.78 is 6.32. The Morgan fingerprint density at radius 2 is 2.04 bits per heavy atom. The standard InChI is InChI=1S/C17H14N2O3S/c1-11-9-12-10-13(19(20)21)7-8-15(12)22-17(11)18(2)14-5-3-4-6-16(14)23-17/h3-10H,1-2H3. The molecule has 5 nitrogen and oxygen atoms in total. The van der Waals surface area contributed by atoms with Crippen LogP contribution < -0.4 is 9.64 Å². The van der Waals surface area contributed by atoms with Crippen molar-refractivity contribution >= 4 is 29.2 Å². The van der Waals surface area contributed by atoms with Gasteiger partial charge in [-0.05, 0) is 43.0 Å². The maximum absolute atomic E-state index is 11.0. The third kappa shape index (κ3) is 1.95. The van der Waals surface area contributed by atoms with Gasteiger partial charge in [-0.25, -0.2) is 0 Å². The number of thioether (sulfide) groups is 1. The molecular weight excluding hydrogens is 312 g/mol. The molecule has 2 heterocycles. The minimum atomic E-state index is -0.632. The van der Waals surface area contributed by atoms with Crippen molar-refractivity contribution in [1.82, 2.24) is 0 Å². The predicted molar refractivity (Wildman–Crippen MR) is 90.8 cm³/mol. The van der Waals surface area contributed by atoms with Crippen LogP contribution in [-0.4, -0.2) is 17.0 Å². The summed E-state index contributed by atoms with van der Waals surface area (Å²) in [6.45, 7) is 2.00. The summed E-state index contributed by atoms with van der Waals surface area (Å²) in [5.74, 6) is 0.661. The normalized spacial score (nSPS) is 21.5. The van der Waals surface area contributed by atoms with Crippen molar-refractivity contribution in [3.63, 3.8) is 0 Å². The minimum Gasteiger partial charge on any atom is -0.454 e. The Morgan fingerprint density at radius 1 is 1.26 bits per heavy atom. The van der Waals surface area contributed by atoms with E-state index in [1.807, 2.05) is 32.2 Å². The molecule has 0 radical (unpaired) electrons. The van der Waals surface area contributed by atoms with Crippen LogP contribution in [0.4, 0.5) is 11.4 Å². The van der Waals surface area contributed by atoms with Gasteiger partial charge in [0.1, 0.15) is 5.75 Å². The van der Waals surface area contributed by atoms with Crippen LogP contribution in [0.2, 0.25) is 0 Å². The van der Waals surface area contributed by atoms with Gasteiger partial charge in [0.15, 0.2) is 0 Å². The van der Waals surface area contributed by atoms with E-state index >= 15 is 0 Å². The summed E-state index contributed by atoms with van der Waals surface area (Å²) in [7, 11) is 2.01. The van der Waals surface area contributed by atoms with Gasteiger partial charge in [-0.3, -0.25) is 10.1 Å². The molecule has 2 aromatic rings. The van der Waals surface area contributed by atoms with Crippen LogP contribution in [0.1, 0.15) is 12.5 Å². The zero-order chi connectivity index (χ0) is 16.2. The van der Waals surface area contributed by atoms with Gasteiger partial charge in [-0.1, -0.05) is 12.1 Å². The molecule has 0 bridgehead atoms. The lowest BCUT2D eigenvalue weighted by molar-refractivity contribution is -0.384. The first-order chi connectivity index (χ1) is 11.0. The number of nitrogens with zero attached hydrogens (tertiary/aromatic N) is 2. The quantitative estimate of drug-likeness (QED) is 0.578. The second kappa shape index (κ2) is 4.76. The molecule has 2 aromatic carbocycles. The van der Waals surface area contributed by atoms with E-state index in [0.29, 0.717) is 5.75 Å². The van der Waals surface area contributed by atoms with E-state index < -0.39 is 5.06 Å². The zero-order valence-electron chi connectivity index (χ0n) is 12.6. The van der Waals surface area contributed by atoms with E-state index in [1.54, 1.807) is 23.9 Å². The van der Waals surface area contributed by atoms with E-state index in [4.69, 9.17) is 4.74 Å². The molecule has 1 unspecified atom stereocenters. The number of hydrogen-bond donors (Lipinski definition) is 0. The Balaban J connectivity index is 1.80. The van der Waals surface area contributed by atoms with Crippen molar-refractivity contribution in [2.75, 3.05) is 11.9 Å². The molecule has 0 fully saturated rings. The molecule has 6 heteroatoms. The number of fused-ring (bicyclic) bond motifs is 2. The Morgan fingerprint density at radius 3 is 2.78 bits per heavy atom. The predicted octanol–water partition coefficient (Wildman–Crippen LogP) is 4.29. The highest BCUT2D eigenvalue weighted by Crippen LogP contribution is 2.55. The van der Waals surface area contributed by atoms with Gasteiger partial charge in [0.05, 0.1) is 10.6 Å². The third-order valence-corrected chi connectivity index (χ3v) is 5.76. The van der Waals surface area contributed by atoms with E-state index in [2.05, 4.69) is 17.0 Å². The number of hydrogen-bond acceptors (Lipinski definition) is 5. The van der Waals surface area contributed by atoms with Crippen molar-refractivity contribution < 1.29 is 9.66 Å². The van der Waals surface area contributed by atoms with E-state index in [1.165, 1.54) is 6.07 Å². The molecule has 2 aliphatic rings. The van der Waals surface area contributed by atoms with Crippen molar-refractivity contribution in [2.24, 2.45) is 0 Å². The maximum atomic E-state index is 11.0. The fourth-order valence-electron chi connectivity index (χ4n) is 3.04. The molecule has 0 saturated carbocycles. The van der Waals surface area contributed by atoms with Crippen molar-refractivity contribution in [3.05, 3.63) is 63.7 Å². The van der Waals surface area contributed by atoms with Crippen LogP contribution in [0.3, 0.4) is 0 Å². The number of para-hydroxylation sites is 1. The number of nitro benzene ring substituents is 1. The van der Waals surface area contributed by atoms with Crippen molar-refractivity contribution in [1.29, 1.82) is 0 Å². The Bertz CT molecular complexity index is 865. The second-order valence-corrected chi connectivity index (χ2v) is 6.82. The Labute approximate surface area is 137 Å². The zero-order valence-corrected chi connectivity index (χ0v) is 13.5. The SMILES string of the molecule is CC1=Cc2cc([N+](=O)[O-])ccc2OC12Sc1ccccc1N2C. The van der Waals surface area contributed by atoms with Gasteiger partial charge in [0, 0.05) is 35.2 Å². The largest absolute Gasteiger partial charge is 0.454 e. The van der Waals surface area contributed by atoms with Crippen molar-refractivity contribution in [2.45, 2.75) is 16.9 Å². The van der Waals surface area contributed by atoms with E-state index in [9.17, 15) is 10.1 Å². The number of ether oxygens (including phenoxy) is 1. The van der Waals surface area contributed by atoms with Crippen LogP contribution in [-0.2, 0) is 0 Å². The molecule has 0 amide bonds. The van der Waals surface area contributed by atoms with Gasteiger partial charge >= 0.3 is 0 Å². The Hall–Kier alpha value is -2.47. The first-order valence-electron chi connectivity index (χ1n) is 7.19. The van der Waals surface area contributed by atoms with Crippen molar-refractivity contribution in [3.8, 4) is 5.75 Å². The minimum absolute atomic E-state index is 0.0723. The first kappa shape index (κ1) is 14.1. The number of nitro groups is 1. The number of rotatable bonds is 1. The molecule has 0 saturated heterocycles. The lowest BCUT2D eigenvalue weighted by atomic mass is 10.0. The average molecular weight is 326 g/mol. The molecule has 116 valence electrons. The lowest BCUT2D eigenvalue weighted by Gasteiger charge is -2.40. The molecule has 2 aliphatic heterocycles. The van der Waals surface area contributed by atoms with Gasteiger partial charge in [-0.15, -0.1) is 0 Å². The van der Waals surface area contributed by atoms with E-state index in [0.717, 1.165) is 21.7 Å². The summed E-state index contributed by atoms with van der Waals surface area (Å²) in [5, 5.41) is 10.3. The Kier molecular flexibility index (Phi) is 2.93. The molecule has 0 aromatic heterocycles. The van der Waals surface area contributed by atoms with Gasteiger partial charge in [0.2, 0.25) is 0 Å². The average Bonchev–Trinajstić information content (AvgIpc) is 2.82. The van der Waals surface area contributed by atoms with Gasteiger partial charge < -0.3 is 9.64 Å². The van der Waals surface area contributed by atoms with E-state index in [-0.39, 0.29) is 10.6 Å². The third-order valence-electron chi connectivity index (χ3n) is 4.24. The fraction of sp³-hybridized carbons (Fsp3) is 0.176. The van der Waals surface area contributed by atoms with Crippen LogP contribution in [0.15, 0.2) is 52.9 Å². The van der Waals surface area contributed by atoms with Crippen LogP contribution in [0.25, 0.3) is 6.08 Å².